The third-order valence-electron chi connectivity index (χ3n) is 4.11. The molecule has 2 rings (SSSR count). The first-order chi connectivity index (χ1) is 10.6. The molecule has 1 N–H and O–H groups in total. The molecule has 0 unspecified atom stereocenters. The Morgan fingerprint density at radius 3 is 2.91 bits per heavy atom. The Morgan fingerprint density at radius 2 is 2.18 bits per heavy atom. The van der Waals surface area contributed by atoms with Gasteiger partial charge in [-0.15, -0.1) is 11.8 Å². The molecule has 0 spiro atoms. The molecule has 0 aromatic heterocycles. The van der Waals surface area contributed by atoms with Gasteiger partial charge in [0.2, 0.25) is 0 Å². The van der Waals surface area contributed by atoms with Crippen LogP contribution in [0.3, 0.4) is 0 Å². The van der Waals surface area contributed by atoms with Gasteiger partial charge in [0.15, 0.2) is 0 Å². The number of nitrogens with zero attached hydrogens (tertiary/aromatic N) is 2. The van der Waals surface area contributed by atoms with Gasteiger partial charge in [-0.3, -0.25) is 0 Å². The first kappa shape index (κ1) is 17.2. The van der Waals surface area contributed by atoms with Crippen molar-refractivity contribution in [1.82, 2.24) is 9.80 Å². The third kappa shape index (κ3) is 4.65. The van der Waals surface area contributed by atoms with Gasteiger partial charge >= 0.3 is 6.03 Å². The van der Waals surface area contributed by atoms with Gasteiger partial charge in [0.05, 0.1) is 5.69 Å². The third-order valence-corrected chi connectivity index (χ3v) is 5.07. The Kier molecular flexibility index (Phi) is 6.58. The molecule has 1 aliphatic heterocycles. The molecule has 1 aromatic rings. The number of amides is 2. The monoisotopic (exact) mass is 321 g/mol. The maximum atomic E-state index is 12.5. The van der Waals surface area contributed by atoms with Crippen LogP contribution in [0.1, 0.15) is 20.3 Å². The van der Waals surface area contributed by atoms with E-state index in [1.54, 1.807) is 11.8 Å². The number of benzene rings is 1. The smallest absolute Gasteiger partial charge is 0.321 e. The highest BCUT2D eigenvalue weighted by Gasteiger charge is 2.27. The molecule has 0 radical (unpaired) electrons. The van der Waals surface area contributed by atoms with E-state index in [9.17, 15) is 4.79 Å². The van der Waals surface area contributed by atoms with Crippen LogP contribution in [-0.4, -0.2) is 54.8 Å². The van der Waals surface area contributed by atoms with Gasteiger partial charge in [0.25, 0.3) is 0 Å². The summed E-state index contributed by atoms with van der Waals surface area (Å²) in [6.07, 6.45) is 1.10. The lowest BCUT2D eigenvalue weighted by Gasteiger charge is -2.21. The lowest BCUT2D eigenvalue weighted by Crippen LogP contribution is -2.34. The van der Waals surface area contributed by atoms with E-state index in [1.807, 2.05) is 23.1 Å². The van der Waals surface area contributed by atoms with Crippen LogP contribution in [0.5, 0.6) is 0 Å². The Labute approximate surface area is 138 Å². The van der Waals surface area contributed by atoms with Crippen molar-refractivity contribution in [3.05, 3.63) is 24.3 Å². The van der Waals surface area contributed by atoms with Crippen LogP contribution in [0, 0.1) is 5.92 Å². The van der Waals surface area contributed by atoms with E-state index in [-0.39, 0.29) is 6.03 Å². The summed E-state index contributed by atoms with van der Waals surface area (Å²) in [6.45, 7) is 8.14. The first-order valence-corrected chi connectivity index (χ1v) is 9.08. The van der Waals surface area contributed by atoms with Crippen LogP contribution >= 0.6 is 11.8 Å². The lowest BCUT2D eigenvalue weighted by atomic mass is 10.1. The lowest BCUT2D eigenvalue weighted by molar-refractivity contribution is 0.218. The minimum atomic E-state index is 0.0332. The van der Waals surface area contributed by atoms with Gasteiger partial charge in [0, 0.05) is 24.5 Å². The molecule has 2 amide bonds. The fourth-order valence-corrected chi connectivity index (χ4v) is 3.54. The number of anilines is 1. The molecule has 1 saturated heterocycles. The molecule has 4 nitrogen and oxygen atoms in total. The summed E-state index contributed by atoms with van der Waals surface area (Å²) >= 11 is 1.76. The van der Waals surface area contributed by atoms with Crippen molar-refractivity contribution in [2.24, 2.45) is 5.92 Å². The van der Waals surface area contributed by atoms with Crippen LogP contribution in [0.4, 0.5) is 10.5 Å². The largest absolute Gasteiger partial charge is 0.324 e. The van der Waals surface area contributed by atoms with Crippen molar-refractivity contribution < 1.29 is 4.79 Å². The predicted octanol–water partition coefficient (Wildman–Crippen LogP) is 3.60. The number of nitrogens with one attached hydrogen (secondary N) is 1. The van der Waals surface area contributed by atoms with E-state index in [4.69, 9.17) is 0 Å². The molecule has 1 aromatic carbocycles. The summed E-state index contributed by atoms with van der Waals surface area (Å²) in [7, 11) is 2.14. The number of rotatable bonds is 6. The molecule has 1 heterocycles. The van der Waals surface area contributed by atoms with Gasteiger partial charge in [-0.05, 0) is 43.8 Å². The summed E-state index contributed by atoms with van der Waals surface area (Å²) in [5.41, 5.74) is 0.925. The maximum absolute atomic E-state index is 12.5. The average molecular weight is 321 g/mol. The molecule has 1 fully saturated rings. The predicted molar refractivity (Wildman–Crippen MR) is 94.7 cm³/mol. The number of hydrogen-bond donors (Lipinski definition) is 1. The van der Waals surface area contributed by atoms with Gasteiger partial charge in [-0.25, -0.2) is 4.79 Å². The zero-order valence-electron chi connectivity index (χ0n) is 13.8. The van der Waals surface area contributed by atoms with Crippen molar-refractivity contribution in [2.75, 3.05) is 44.3 Å². The highest BCUT2D eigenvalue weighted by molar-refractivity contribution is 7.99. The Hall–Kier alpha value is -1.20. The summed E-state index contributed by atoms with van der Waals surface area (Å²) in [6, 6.07) is 8.06. The number of carbonyl (C=O) groups excluding carboxylic acids is 1. The highest BCUT2D eigenvalue weighted by atomic mass is 32.2. The van der Waals surface area contributed by atoms with Crippen molar-refractivity contribution in [2.45, 2.75) is 25.2 Å². The van der Waals surface area contributed by atoms with Crippen LogP contribution in [0.2, 0.25) is 0 Å². The summed E-state index contributed by atoms with van der Waals surface area (Å²) < 4.78 is 0. The Bertz CT molecular complexity index is 495. The summed E-state index contributed by atoms with van der Waals surface area (Å²) in [5, 5.41) is 3.08. The van der Waals surface area contributed by atoms with Crippen molar-refractivity contribution >= 4 is 23.5 Å². The number of hydrogen-bond acceptors (Lipinski definition) is 3. The van der Waals surface area contributed by atoms with Gasteiger partial charge in [-0.1, -0.05) is 26.0 Å². The van der Waals surface area contributed by atoms with Gasteiger partial charge in [0.1, 0.15) is 0 Å². The molecule has 0 saturated carbocycles. The zero-order chi connectivity index (χ0) is 15.9. The quantitative estimate of drug-likeness (QED) is 0.813. The number of thioether (sulfide) groups is 1. The second kappa shape index (κ2) is 8.44. The number of urea groups is 1. The van der Waals surface area contributed by atoms with E-state index < -0.39 is 0 Å². The SMILES string of the molecule is CCSc1ccccc1NC(=O)N1CC[C@H](CN(C)CC)C1. The second-order valence-corrected chi connectivity index (χ2v) is 7.12. The zero-order valence-corrected chi connectivity index (χ0v) is 14.7. The molecular formula is C17H27N3OS. The highest BCUT2D eigenvalue weighted by Crippen LogP contribution is 2.27. The topological polar surface area (TPSA) is 35.6 Å². The van der Waals surface area contributed by atoms with E-state index in [0.717, 1.165) is 48.9 Å². The van der Waals surface area contributed by atoms with Crippen LogP contribution in [0.15, 0.2) is 29.2 Å². The fourth-order valence-electron chi connectivity index (χ4n) is 2.78. The van der Waals surface area contributed by atoms with Crippen LogP contribution in [-0.2, 0) is 0 Å². The van der Waals surface area contributed by atoms with E-state index in [2.05, 4.69) is 37.2 Å². The maximum Gasteiger partial charge on any atom is 0.321 e. The average Bonchev–Trinajstić information content (AvgIpc) is 2.98. The van der Waals surface area contributed by atoms with Crippen molar-refractivity contribution in [1.29, 1.82) is 0 Å². The molecule has 5 heteroatoms. The van der Waals surface area contributed by atoms with Gasteiger partial charge in [-0.2, -0.15) is 0 Å². The Balaban J connectivity index is 1.91. The van der Waals surface area contributed by atoms with E-state index in [1.165, 1.54) is 0 Å². The molecular weight excluding hydrogens is 294 g/mol. The first-order valence-electron chi connectivity index (χ1n) is 8.10. The normalized spacial score (nSPS) is 18.0. The van der Waals surface area contributed by atoms with Crippen LogP contribution < -0.4 is 5.32 Å². The number of carbonyl (C=O) groups is 1. The van der Waals surface area contributed by atoms with Gasteiger partial charge < -0.3 is 15.1 Å². The van der Waals surface area contributed by atoms with Crippen molar-refractivity contribution in [3.63, 3.8) is 0 Å². The Morgan fingerprint density at radius 1 is 1.41 bits per heavy atom. The molecule has 0 bridgehead atoms. The molecule has 1 aliphatic rings. The van der Waals surface area contributed by atoms with Crippen LogP contribution in [0.25, 0.3) is 0 Å². The van der Waals surface area contributed by atoms with E-state index in [0.29, 0.717) is 5.92 Å². The molecule has 122 valence electrons. The number of para-hydroxylation sites is 1. The number of likely N-dealkylation sites (tertiary alicyclic amines) is 1. The van der Waals surface area contributed by atoms with E-state index >= 15 is 0 Å². The summed E-state index contributed by atoms with van der Waals surface area (Å²) in [5.74, 6) is 1.60. The minimum absolute atomic E-state index is 0.0332. The molecule has 1 atom stereocenters. The molecule has 22 heavy (non-hydrogen) atoms. The minimum Gasteiger partial charge on any atom is -0.324 e. The standard InChI is InChI=1S/C17H27N3OS/c1-4-19(3)12-14-10-11-20(13-14)17(21)18-15-8-6-7-9-16(15)22-5-2/h6-9,14H,4-5,10-13H2,1-3H3,(H,18,21)/t14-/m1/s1. The second-order valence-electron chi connectivity index (χ2n) is 5.81. The van der Waals surface area contributed by atoms with Crippen molar-refractivity contribution in [3.8, 4) is 0 Å². The molecule has 0 aliphatic carbocycles. The summed E-state index contributed by atoms with van der Waals surface area (Å²) in [4.78, 5) is 17.9. The fraction of sp³-hybridized carbons (Fsp3) is 0.588.